The zero-order chi connectivity index (χ0) is 27.8. The molecule has 0 radical (unpaired) electrons. The number of para-hydroxylation sites is 1. The number of hydrogen-bond donors (Lipinski definition) is 0. The van der Waals surface area contributed by atoms with Crippen LogP contribution in [0.5, 0.6) is 11.5 Å². The van der Waals surface area contributed by atoms with Gasteiger partial charge in [0.15, 0.2) is 5.78 Å². The second-order valence-corrected chi connectivity index (χ2v) is 9.37. The predicted octanol–water partition coefficient (Wildman–Crippen LogP) is 8.22. The third-order valence-corrected chi connectivity index (χ3v) is 5.88. The van der Waals surface area contributed by atoms with Gasteiger partial charge in [-0.2, -0.15) is 0 Å². The van der Waals surface area contributed by atoms with Crippen molar-refractivity contribution in [2.45, 2.75) is 20.3 Å². The number of nitrogens with zero attached hydrogens (tertiary/aromatic N) is 1. The third-order valence-electron chi connectivity index (χ3n) is 5.88. The van der Waals surface area contributed by atoms with Crippen molar-refractivity contribution in [1.82, 2.24) is 0 Å². The van der Waals surface area contributed by atoms with Crippen LogP contribution < -0.4 is 14.4 Å². The van der Waals surface area contributed by atoms with Gasteiger partial charge < -0.3 is 14.4 Å². The van der Waals surface area contributed by atoms with Crippen LogP contribution in [0.3, 0.4) is 0 Å². The fourth-order valence-electron chi connectivity index (χ4n) is 3.98. The van der Waals surface area contributed by atoms with E-state index < -0.39 is 5.97 Å². The number of esters is 1. The first-order valence-corrected chi connectivity index (χ1v) is 12.6. The minimum absolute atomic E-state index is 0.00708. The first-order chi connectivity index (χ1) is 18.8. The molecule has 0 fully saturated rings. The average molecular weight is 518 g/mol. The van der Waals surface area contributed by atoms with Crippen LogP contribution >= 0.6 is 0 Å². The van der Waals surface area contributed by atoms with Gasteiger partial charge in [-0.1, -0.05) is 61.2 Å². The second-order valence-electron chi connectivity index (χ2n) is 9.37. The Morgan fingerprint density at radius 1 is 0.667 bits per heavy atom. The van der Waals surface area contributed by atoms with Crippen molar-refractivity contribution in [3.05, 3.63) is 127 Å². The van der Waals surface area contributed by atoms with Gasteiger partial charge in [0.2, 0.25) is 0 Å². The highest BCUT2D eigenvalue weighted by Gasteiger charge is 2.14. The second kappa shape index (κ2) is 12.6. The fourth-order valence-corrected chi connectivity index (χ4v) is 3.98. The largest absolute Gasteiger partial charge is 0.486 e. The molecule has 0 spiro atoms. The summed E-state index contributed by atoms with van der Waals surface area (Å²) in [5.74, 6) is 0.669. The highest BCUT2D eigenvalue weighted by atomic mass is 16.5. The van der Waals surface area contributed by atoms with Gasteiger partial charge in [0.05, 0.1) is 0 Å². The number of benzene rings is 4. The molecular formula is C34H31NO4. The Morgan fingerprint density at radius 3 is 1.69 bits per heavy atom. The number of rotatable bonds is 11. The summed E-state index contributed by atoms with van der Waals surface area (Å²) < 4.78 is 11.0. The molecule has 5 heteroatoms. The molecule has 0 aliphatic carbocycles. The van der Waals surface area contributed by atoms with E-state index in [2.05, 4.69) is 42.3 Å². The number of hydrogen-bond acceptors (Lipinski definition) is 5. The molecule has 0 saturated carbocycles. The molecule has 0 aliphatic heterocycles. The van der Waals surface area contributed by atoms with Crippen LogP contribution in [-0.2, 0) is 9.59 Å². The van der Waals surface area contributed by atoms with Gasteiger partial charge in [-0.3, -0.25) is 4.79 Å². The number of Topliss-reactive ketones (excluding diaryl/α,β-unsaturated/α-hetero) is 1. The van der Waals surface area contributed by atoms with Crippen LogP contribution in [0.2, 0.25) is 0 Å². The molecule has 0 N–H and O–H groups in total. The van der Waals surface area contributed by atoms with Crippen LogP contribution in [-0.4, -0.2) is 18.4 Å². The van der Waals surface area contributed by atoms with Crippen molar-refractivity contribution in [2.75, 3.05) is 11.5 Å². The maximum atomic E-state index is 11.9. The van der Waals surface area contributed by atoms with Crippen molar-refractivity contribution in [1.29, 1.82) is 0 Å². The van der Waals surface area contributed by atoms with Crippen LogP contribution in [0.1, 0.15) is 20.3 Å². The lowest BCUT2D eigenvalue weighted by Crippen LogP contribution is -2.11. The number of allylic oxidation sites excluding steroid dienone is 1. The molecule has 196 valence electrons. The Balaban J connectivity index is 1.53. The SMILES string of the molecule is C=C(C)CC(=O)COc1ccc(-c2ccc(N(c3ccccc3)c3ccc(OC(=O)C(=C)C)cc3)cc2)cc1. The summed E-state index contributed by atoms with van der Waals surface area (Å²) in [5, 5.41) is 0. The lowest BCUT2D eigenvalue weighted by Gasteiger charge is -2.25. The summed E-state index contributed by atoms with van der Waals surface area (Å²) in [6.45, 7) is 10.9. The number of ether oxygens (including phenoxy) is 2. The van der Waals surface area contributed by atoms with E-state index in [1.807, 2.05) is 73.7 Å². The van der Waals surface area contributed by atoms with E-state index in [-0.39, 0.29) is 12.4 Å². The summed E-state index contributed by atoms with van der Waals surface area (Å²) >= 11 is 0. The Bertz CT molecular complexity index is 1450. The van der Waals surface area contributed by atoms with E-state index in [0.717, 1.165) is 33.8 Å². The topological polar surface area (TPSA) is 55.8 Å². The van der Waals surface area contributed by atoms with Crippen molar-refractivity contribution in [3.63, 3.8) is 0 Å². The van der Waals surface area contributed by atoms with Crippen molar-refractivity contribution in [2.24, 2.45) is 0 Å². The molecule has 0 saturated heterocycles. The Morgan fingerprint density at radius 2 is 1.15 bits per heavy atom. The minimum atomic E-state index is -0.450. The molecule has 39 heavy (non-hydrogen) atoms. The summed E-state index contributed by atoms with van der Waals surface area (Å²) in [7, 11) is 0. The molecule has 0 atom stereocenters. The number of ketones is 1. The molecule has 4 aromatic rings. The van der Waals surface area contributed by atoms with E-state index in [1.165, 1.54) is 0 Å². The molecule has 4 rings (SSSR count). The number of carbonyl (C=O) groups is 2. The number of anilines is 3. The van der Waals surface area contributed by atoms with Crippen LogP contribution in [0.15, 0.2) is 127 Å². The third kappa shape index (κ3) is 7.33. The molecule has 0 aliphatic rings. The van der Waals surface area contributed by atoms with E-state index in [4.69, 9.17) is 9.47 Å². The molecule has 4 aromatic carbocycles. The molecule has 0 heterocycles. The molecule has 0 unspecified atom stereocenters. The Kier molecular flexibility index (Phi) is 8.75. The monoisotopic (exact) mass is 517 g/mol. The van der Waals surface area contributed by atoms with E-state index >= 15 is 0 Å². The number of carbonyl (C=O) groups excluding carboxylic acids is 2. The van der Waals surface area contributed by atoms with E-state index in [0.29, 0.717) is 23.5 Å². The maximum Gasteiger partial charge on any atom is 0.338 e. The smallest absolute Gasteiger partial charge is 0.338 e. The highest BCUT2D eigenvalue weighted by molar-refractivity contribution is 5.89. The molecular weight excluding hydrogens is 486 g/mol. The van der Waals surface area contributed by atoms with Gasteiger partial charge >= 0.3 is 5.97 Å². The van der Waals surface area contributed by atoms with E-state index in [1.54, 1.807) is 19.1 Å². The molecule has 5 nitrogen and oxygen atoms in total. The Labute approximate surface area is 229 Å². The first kappa shape index (κ1) is 27.1. The zero-order valence-electron chi connectivity index (χ0n) is 22.2. The lowest BCUT2D eigenvalue weighted by atomic mass is 10.0. The predicted molar refractivity (Wildman–Crippen MR) is 157 cm³/mol. The van der Waals surface area contributed by atoms with Crippen LogP contribution in [0.4, 0.5) is 17.1 Å². The fraction of sp³-hybridized carbons (Fsp3) is 0.118. The quantitative estimate of drug-likeness (QED) is 0.0868. The van der Waals surface area contributed by atoms with Gasteiger partial charge in [0, 0.05) is 29.1 Å². The van der Waals surface area contributed by atoms with Gasteiger partial charge in [0.25, 0.3) is 0 Å². The standard InChI is InChI=1S/C34H31NO4/c1-24(2)22-31(36)23-38-32-18-12-27(13-19-32)26-10-14-29(15-11-26)35(28-8-6-5-7-9-28)30-16-20-33(21-17-30)39-34(37)25(3)4/h5-21H,1,3,22-23H2,2,4H3. The maximum absolute atomic E-state index is 11.9. The summed E-state index contributed by atoms with van der Waals surface area (Å²) in [5.41, 5.74) is 6.17. The molecule has 0 amide bonds. The molecule has 0 aromatic heterocycles. The van der Waals surface area contributed by atoms with E-state index in [9.17, 15) is 9.59 Å². The first-order valence-electron chi connectivity index (χ1n) is 12.6. The van der Waals surface area contributed by atoms with Crippen LogP contribution in [0.25, 0.3) is 11.1 Å². The van der Waals surface area contributed by atoms with Gasteiger partial charge in [0.1, 0.15) is 18.1 Å². The minimum Gasteiger partial charge on any atom is -0.486 e. The summed E-state index contributed by atoms with van der Waals surface area (Å²) in [6.07, 6.45) is 0.330. The summed E-state index contributed by atoms with van der Waals surface area (Å²) in [6, 6.07) is 33.4. The average Bonchev–Trinajstić information content (AvgIpc) is 2.94. The normalized spacial score (nSPS) is 10.4. The van der Waals surface area contributed by atoms with Crippen molar-refractivity contribution in [3.8, 4) is 22.6 Å². The Hall–Kier alpha value is -4.90. The van der Waals surface area contributed by atoms with Gasteiger partial charge in [-0.05, 0) is 85.6 Å². The lowest BCUT2D eigenvalue weighted by molar-refractivity contribution is -0.130. The van der Waals surface area contributed by atoms with Gasteiger partial charge in [-0.15, -0.1) is 0 Å². The van der Waals surface area contributed by atoms with Crippen molar-refractivity contribution < 1.29 is 19.1 Å². The molecule has 0 bridgehead atoms. The van der Waals surface area contributed by atoms with Crippen LogP contribution in [0, 0.1) is 0 Å². The highest BCUT2D eigenvalue weighted by Crippen LogP contribution is 2.36. The zero-order valence-corrected chi connectivity index (χ0v) is 22.2. The van der Waals surface area contributed by atoms with Gasteiger partial charge in [-0.25, -0.2) is 4.79 Å². The van der Waals surface area contributed by atoms with Crippen molar-refractivity contribution >= 4 is 28.8 Å². The summed E-state index contributed by atoms with van der Waals surface area (Å²) in [4.78, 5) is 25.9.